The summed E-state index contributed by atoms with van der Waals surface area (Å²) in [6, 6.07) is 6.92. The summed E-state index contributed by atoms with van der Waals surface area (Å²) in [5, 5.41) is 9.10. The summed E-state index contributed by atoms with van der Waals surface area (Å²) < 4.78 is 31.7. The number of ether oxygens (including phenoxy) is 1. The maximum atomic E-state index is 12.4. The summed E-state index contributed by atoms with van der Waals surface area (Å²) in [4.78, 5) is 0. The van der Waals surface area contributed by atoms with Crippen molar-refractivity contribution < 1.29 is 18.3 Å². The summed E-state index contributed by atoms with van der Waals surface area (Å²) in [7, 11) is -1.77. The lowest BCUT2D eigenvalue weighted by Crippen LogP contribution is -2.41. The summed E-state index contributed by atoms with van der Waals surface area (Å²) in [5.41, 5.74) is 1.41. The zero-order valence-electron chi connectivity index (χ0n) is 11.8. The molecule has 6 heteroatoms. The van der Waals surface area contributed by atoms with Crippen LogP contribution in [-0.2, 0) is 27.1 Å². The van der Waals surface area contributed by atoms with E-state index in [4.69, 9.17) is 9.84 Å². The van der Waals surface area contributed by atoms with Crippen molar-refractivity contribution in [3.05, 3.63) is 35.4 Å². The van der Waals surface area contributed by atoms with Gasteiger partial charge in [-0.1, -0.05) is 24.3 Å². The van der Waals surface area contributed by atoms with E-state index in [0.29, 0.717) is 12.2 Å². The van der Waals surface area contributed by atoms with Crippen LogP contribution in [0.2, 0.25) is 0 Å². The van der Waals surface area contributed by atoms with Gasteiger partial charge in [-0.05, 0) is 24.5 Å². The molecule has 0 radical (unpaired) electrons. The number of benzene rings is 1. The molecule has 5 nitrogen and oxygen atoms in total. The normalized spacial score (nSPS) is 23.4. The largest absolute Gasteiger partial charge is 0.392 e. The maximum absolute atomic E-state index is 12.4. The van der Waals surface area contributed by atoms with Gasteiger partial charge in [-0.15, -0.1) is 0 Å². The van der Waals surface area contributed by atoms with E-state index < -0.39 is 10.0 Å². The Balaban J connectivity index is 2.13. The number of aliphatic hydroxyl groups is 1. The highest BCUT2D eigenvalue weighted by atomic mass is 32.2. The molecule has 0 aromatic heterocycles. The van der Waals surface area contributed by atoms with E-state index in [1.165, 1.54) is 4.31 Å². The highest BCUT2D eigenvalue weighted by Crippen LogP contribution is 2.22. The van der Waals surface area contributed by atoms with Gasteiger partial charge in [-0.2, -0.15) is 4.31 Å². The molecule has 1 heterocycles. The molecule has 1 aliphatic rings. The number of rotatable bonds is 5. The molecule has 20 heavy (non-hydrogen) atoms. The molecule has 1 fully saturated rings. The lowest BCUT2D eigenvalue weighted by Gasteiger charge is -2.26. The monoisotopic (exact) mass is 299 g/mol. The molecule has 1 aromatic rings. The number of hydrogen-bond donors (Lipinski definition) is 1. The molecule has 2 rings (SSSR count). The van der Waals surface area contributed by atoms with Gasteiger partial charge in [-0.3, -0.25) is 0 Å². The predicted octanol–water partition coefficient (Wildman–Crippen LogP) is 1.12. The van der Waals surface area contributed by atoms with Gasteiger partial charge in [0.25, 0.3) is 0 Å². The Kier molecular flexibility index (Phi) is 4.80. The topological polar surface area (TPSA) is 66.8 Å². The van der Waals surface area contributed by atoms with Crippen LogP contribution in [0.4, 0.5) is 0 Å². The van der Waals surface area contributed by atoms with Gasteiger partial charge in [0.1, 0.15) is 0 Å². The number of hydrogen-bond acceptors (Lipinski definition) is 4. The Hall–Kier alpha value is -0.950. The number of sulfonamides is 1. The molecule has 0 bridgehead atoms. The molecule has 0 aliphatic carbocycles. The highest BCUT2D eigenvalue weighted by Gasteiger charge is 2.34. The minimum atomic E-state index is -3.38. The van der Waals surface area contributed by atoms with Gasteiger partial charge >= 0.3 is 0 Å². The summed E-state index contributed by atoms with van der Waals surface area (Å²) in [6.45, 7) is 2.42. The van der Waals surface area contributed by atoms with Crippen molar-refractivity contribution in [3.8, 4) is 0 Å². The molecule has 0 saturated carbocycles. The second-order valence-electron chi connectivity index (χ2n) is 5.18. The summed E-state index contributed by atoms with van der Waals surface area (Å²) >= 11 is 0. The Morgan fingerprint density at radius 1 is 1.40 bits per heavy atom. The van der Waals surface area contributed by atoms with E-state index in [1.807, 2.05) is 6.92 Å². The fourth-order valence-electron chi connectivity index (χ4n) is 2.53. The second kappa shape index (κ2) is 6.22. The third kappa shape index (κ3) is 3.38. The minimum absolute atomic E-state index is 0.0550. The van der Waals surface area contributed by atoms with E-state index in [1.54, 1.807) is 31.3 Å². The van der Waals surface area contributed by atoms with E-state index in [2.05, 4.69) is 0 Å². The Bertz CT molecular complexity index is 558. The fraction of sp³-hybridized carbons (Fsp3) is 0.571. The molecule has 1 aliphatic heterocycles. The standard InChI is InChI=1S/C14H21NO4S/c1-11-14(6-7-19-11)15(2)20(17,18)10-13-5-3-4-12(8-13)9-16/h3-5,8,11,14,16H,6-7,9-10H2,1-2H3. The first-order valence-corrected chi connectivity index (χ1v) is 8.31. The molecule has 0 spiro atoms. The van der Waals surface area contributed by atoms with Crippen LogP contribution in [0.5, 0.6) is 0 Å². The summed E-state index contributed by atoms with van der Waals surface area (Å²) in [5.74, 6) is -0.0550. The Morgan fingerprint density at radius 2 is 2.10 bits per heavy atom. The molecule has 1 saturated heterocycles. The summed E-state index contributed by atoms with van der Waals surface area (Å²) in [6.07, 6.45) is 0.659. The van der Waals surface area contributed by atoms with Crippen molar-refractivity contribution in [2.75, 3.05) is 13.7 Å². The first kappa shape index (κ1) is 15.4. The lowest BCUT2D eigenvalue weighted by atomic mass is 10.1. The third-order valence-corrected chi connectivity index (χ3v) is 5.61. The van der Waals surface area contributed by atoms with Crippen molar-refractivity contribution in [2.45, 2.75) is 37.9 Å². The van der Waals surface area contributed by atoms with Crippen molar-refractivity contribution in [3.63, 3.8) is 0 Å². The Morgan fingerprint density at radius 3 is 2.70 bits per heavy atom. The van der Waals surface area contributed by atoms with E-state index in [9.17, 15) is 8.42 Å². The van der Waals surface area contributed by atoms with E-state index in [-0.39, 0.29) is 24.5 Å². The van der Waals surface area contributed by atoms with Gasteiger partial charge in [0.05, 0.1) is 24.5 Å². The van der Waals surface area contributed by atoms with Crippen LogP contribution in [0.15, 0.2) is 24.3 Å². The molecule has 1 N–H and O–H groups in total. The SMILES string of the molecule is CC1OCCC1N(C)S(=O)(=O)Cc1cccc(CO)c1. The van der Waals surface area contributed by atoms with Gasteiger partial charge in [-0.25, -0.2) is 8.42 Å². The number of aliphatic hydroxyl groups excluding tert-OH is 1. The van der Waals surface area contributed by atoms with E-state index in [0.717, 1.165) is 12.0 Å². The molecule has 0 amide bonds. The highest BCUT2D eigenvalue weighted by molar-refractivity contribution is 7.88. The Labute approximate surface area is 120 Å². The predicted molar refractivity (Wildman–Crippen MR) is 76.6 cm³/mol. The minimum Gasteiger partial charge on any atom is -0.392 e. The number of likely N-dealkylation sites (N-methyl/N-ethyl adjacent to an activating group) is 1. The molecule has 112 valence electrons. The second-order valence-corrected chi connectivity index (χ2v) is 7.21. The van der Waals surface area contributed by atoms with Crippen molar-refractivity contribution in [1.29, 1.82) is 0 Å². The van der Waals surface area contributed by atoms with Crippen LogP contribution in [0.25, 0.3) is 0 Å². The van der Waals surface area contributed by atoms with Gasteiger partial charge in [0, 0.05) is 13.7 Å². The molecule has 1 aromatic carbocycles. The fourth-order valence-corrected chi connectivity index (χ4v) is 4.03. The molecular weight excluding hydrogens is 278 g/mol. The first-order chi connectivity index (χ1) is 9.44. The third-order valence-electron chi connectivity index (χ3n) is 3.77. The van der Waals surface area contributed by atoms with Crippen LogP contribution in [0.3, 0.4) is 0 Å². The van der Waals surface area contributed by atoms with Crippen LogP contribution in [-0.4, -0.2) is 43.6 Å². The van der Waals surface area contributed by atoms with Crippen LogP contribution in [0.1, 0.15) is 24.5 Å². The average Bonchev–Trinajstić information content (AvgIpc) is 2.83. The molecule has 2 atom stereocenters. The zero-order valence-corrected chi connectivity index (χ0v) is 12.6. The maximum Gasteiger partial charge on any atom is 0.218 e. The first-order valence-electron chi connectivity index (χ1n) is 6.70. The molecule has 2 unspecified atom stereocenters. The lowest BCUT2D eigenvalue weighted by molar-refractivity contribution is 0.102. The van der Waals surface area contributed by atoms with Crippen molar-refractivity contribution >= 4 is 10.0 Å². The van der Waals surface area contributed by atoms with Gasteiger partial charge < -0.3 is 9.84 Å². The van der Waals surface area contributed by atoms with Crippen LogP contribution in [0, 0.1) is 0 Å². The number of nitrogens with zero attached hydrogens (tertiary/aromatic N) is 1. The van der Waals surface area contributed by atoms with Crippen LogP contribution >= 0.6 is 0 Å². The van der Waals surface area contributed by atoms with Crippen molar-refractivity contribution in [2.24, 2.45) is 0 Å². The van der Waals surface area contributed by atoms with Gasteiger partial charge in [0.2, 0.25) is 10.0 Å². The zero-order chi connectivity index (χ0) is 14.8. The van der Waals surface area contributed by atoms with Crippen LogP contribution < -0.4 is 0 Å². The average molecular weight is 299 g/mol. The molecular formula is C14H21NO4S. The van der Waals surface area contributed by atoms with Gasteiger partial charge in [0.15, 0.2) is 0 Å². The quantitative estimate of drug-likeness (QED) is 0.884. The van der Waals surface area contributed by atoms with Crippen molar-refractivity contribution in [1.82, 2.24) is 4.31 Å². The smallest absolute Gasteiger partial charge is 0.218 e. The van der Waals surface area contributed by atoms with E-state index >= 15 is 0 Å².